The summed E-state index contributed by atoms with van der Waals surface area (Å²) in [5.74, 6) is 0.413. The van der Waals surface area contributed by atoms with E-state index in [2.05, 4.69) is 21.2 Å². The highest BCUT2D eigenvalue weighted by molar-refractivity contribution is 7.92. The molecule has 2 rings (SSSR count). The number of morpholine rings is 1. The zero-order chi connectivity index (χ0) is 14.0. The van der Waals surface area contributed by atoms with Gasteiger partial charge >= 0.3 is 0 Å². The number of nitrogens with zero attached hydrogens (tertiary/aromatic N) is 3. The second-order valence-electron chi connectivity index (χ2n) is 4.90. The second-order valence-corrected chi connectivity index (χ2v) is 7.83. The van der Waals surface area contributed by atoms with Crippen LogP contribution in [0.1, 0.15) is 6.92 Å². The Bertz CT molecular complexity index is 576. The molecule has 1 aromatic heterocycles. The van der Waals surface area contributed by atoms with Crippen LogP contribution in [-0.2, 0) is 14.5 Å². The fraction of sp³-hybridized carbons (Fsp3) is 0.583. The third-order valence-corrected chi connectivity index (χ3v) is 3.60. The number of hydrogen-bond donors (Lipinski definition) is 0. The lowest BCUT2D eigenvalue weighted by atomic mass is 10.2. The SMILES string of the molecule is C[C@@H]1COCCN1c1cc(Cl)nc(N=S(C)(C)=O)c1. The number of pyridine rings is 1. The fourth-order valence-corrected chi connectivity index (χ4v) is 2.76. The summed E-state index contributed by atoms with van der Waals surface area (Å²) in [4.78, 5) is 6.30. The van der Waals surface area contributed by atoms with Crippen molar-refractivity contribution in [2.24, 2.45) is 4.36 Å². The van der Waals surface area contributed by atoms with E-state index in [0.717, 1.165) is 12.2 Å². The summed E-state index contributed by atoms with van der Waals surface area (Å²) in [5.41, 5.74) is 0.943. The predicted molar refractivity (Wildman–Crippen MR) is 79.0 cm³/mol. The smallest absolute Gasteiger partial charge is 0.165 e. The lowest BCUT2D eigenvalue weighted by Crippen LogP contribution is -2.43. The van der Waals surface area contributed by atoms with Crippen molar-refractivity contribution in [3.63, 3.8) is 0 Å². The van der Waals surface area contributed by atoms with E-state index < -0.39 is 9.73 Å². The molecule has 0 radical (unpaired) electrons. The predicted octanol–water partition coefficient (Wildman–Crippen LogP) is 2.32. The molecule has 0 unspecified atom stereocenters. The zero-order valence-electron chi connectivity index (χ0n) is 11.3. The topological polar surface area (TPSA) is 54.8 Å². The van der Waals surface area contributed by atoms with Gasteiger partial charge in [-0.15, -0.1) is 0 Å². The molecule has 0 aromatic carbocycles. The van der Waals surface area contributed by atoms with Gasteiger partial charge in [0, 0.05) is 46.6 Å². The van der Waals surface area contributed by atoms with Gasteiger partial charge in [0.05, 0.1) is 13.2 Å². The molecule has 1 fully saturated rings. The van der Waals surface area contributed by atoms with Gasteiger partial charge in [-0.3, -0.25) is 0 Å². The van der Waals surface area contributed by atoms with Crippen molar-refractivity contribution in [1.82, 2.24) is 4.98 Å². The van der Waals surface area contributed by atoms with Gasteiger partial charge in [-0.05, 0) is 13.0 Å². The molecule has 0 aliphatic carbocycles. The normalized spacial score (nSPS) is 20.4. The van der Waals surface area contributed by atoms with Crippen molar-refractivity contribution < 1.29 is 8.95 Å². The molecule has 2 heterocycles. The van der Waals surface area contributed by atoms with E-state index in [1.54, 1.807) is 18.6 Å². The van der Waals surface area contributed by atoms with Gasteiger partial charge in [-0.2, -0.15) is 4.36 Å². The third-order valence-electron chi connectivity index (χ3n) is 2.78. The van der Waals surface area contributed by atoms with Crippen LogP contribution in [0.15, 0.2) is 16.5 Å². The molecule has 7 heteroatoms. The number of rotatable bonds is 2. The van der Waals surface area contributed by atoms with Gasteiger partial charge in [-0.1, -0.05) is 11.6 Å². The van der Waals surface area contributed by atoms with Crippen molar-refractivity contribution >= 4 is 32.8 Å². The summed E-state index contributed by atoms with van der Waals surface area (Å²) in [5, 5.41) is 0.360. The van der Waals surface area contributed by atoms with E-state index in [-0.39, 0.29) is 6.04 Å². The van der Waals surface area contributed by atoms with Gasteiger partial charge in [0.1, 0.15) is 5.15 Å². The Balaban J connectivity index is 2.39. The first-order valence-corrected chi connectivity index (χ1v) is 8.75. The molecule has 1 aromatic rings. The molecular weight excluding hydrogens is 286 g/mol. The summed E-state index contributed by atoms with van der Waals surface area (Å²) in [6.45, 7) is 4.27. The zero-order valence-corrected chi connectivity index (χ0v) is 12.9. The monoisotopic (exact) mass is 303 g/mol. The van der Waals surface area contributed by atoms with Gasteiger partial charge in [-0.25, -0.2) is 9.19 Å². The average Bonchev–Trinajstić information content (AvgIpc) is 2.26. The lowest BCUT2D eigenvalue weighted by molar-refractivity contribution is 0.0989. The summed E-state index contributed by atoms with van der Waals surface area (Å²) < 4.78 is 21.3. The van der Waals surface area contributed by atoms with Gasteiger partial charge in [0.2, 0.25) is 0 Å². The fourth-order valence-electron chi connectivity index (χ4n) is 2.02. The highest BCUT2D eigenvalue weighted by Gasteiger charge is 2.20. The first-order chi connectivity index (χ1) is 8.85. The Hall–Kier alpha value is -0.850. The molecule has 19 heavy (non-hydrogen) atoms. The molecule has 106 valence electrons. The molecule has 1 aliphatic heterocycles. The van der Waals surface area contributed by atoms with Crippen molar-refractivity contribution in [1.29, 1.82) is 0 Å². The Labute approximate surface area is 119 Å². The Morgan fingerprint density at radius 1 is 1.53 bits per heavy atom. The third kappa shape index (κ3) is 4.06. The van der Waals surface area contributed by atoms with E-state index in [1.807, 2.05) is 6.07 Å². The average molecular weight is 304 g/mol. The molecule has 1 saturated heterocycles. The molecule has 0 saturated carbocycles. The largest absolute Gasteiger partial charge is 0.377 e. The van der Waals surface area contributed by atoms with E-state index in [9.17, 15) is 4.21 Å². The summed E-state index contributed by atoms with van der Waals surface area (Å²) in [6.07, 6.45) is 3.15. The summed E-state index contributed by atoms with van der Waals surface area (Å²) in [6, 6.07) is 3.89. The van der Waals surface area contributed by atoms with Crippen LogP contribution >= 0.6 is 11.6 Å². The number of hydrogen-bond acceptors (Lipinski definition) is 5. The molecule has 5 nitrogen and oxygen atoms in total. The first-order valence-electron chi connectivity index (χ1n) is 6.04. The minimum atomic E-state index is -2.24. The first kappa shape index (κ1) is 14.6. The highest BCUT2D eigenvalue weighted by Crippen LogP contribution is 2.27. The molecule has 1 aliphatic rings. The van der Waals surface area contributed by atoms with Crippen LogP contribution < -0.4 is 4.90 Å². The Morgan fingerprint density at radius 3 is 2.89 bits per heavy atom. The number of halogens is 1. The minimum absolute atomic E-state index is 0.271. The van der Waals surface area contributed by atoms with Crippen LogP contribution in [0.4, 0.5) is 11.5 Å². The Morgan fingerprint density at radius 2 is 2.26 bits per heavy atom. The van der Waals surface area contributed by atoms with Crippen molar-refractivity contribution in [3.8, 4) is 0 Å². The summed E-state index contributed by atoms with van der Waals surface area (Å²) >= 11 is 6.02. The Kier molecular flexibility index (Phi) is 4.32. The van der Waals surface area contributed by atoms with Gasteiger partial charge < -0.3 is 9.64 Å². The van der Waals surface area contributed by atoms with Crippen LogP contribution in [0, 0.1) is 0 Å². The highest BCUT2D eigenvalue weighted by atomic mass is 35.5. The molecule has 1 atom stereocenters. The molecule has 0 N–H and O–H groups in total. The van der Waals surface area contributed by atoms with E-state index in [0.29, 0.717) is 24.2 Å². The van der Waals surface area contributed by atoms with Gasteiger partial charge in [0.25, 0.3) is 0 Å². The number of anilines is 1. The lowest BCUT2D eigenvalue weighted by Gasteiger charge is -2.35. The van der Waals surface area contributed by atoms with Crippen molar-refractivity contribution in [2.45, 2.75) is 13.0 Å². The second kappa shape index (κ2) is 5.64. The molecular formula is C12H18ClN3O2S. The van der Waals surface area contributed by atoms with Gasteiger partial charge in [0.15, 0.2) is 5.82 Å². The molecule has 0 amide bonds. The van der Waals surface area contributed by atoms with Crippen LogP contribution in [-0.4, -0.2) is 47.5 Å². The van der Waals surface area contributed by atoms with Crippen LogP contribution in [0.25, 0.3) is 0 Å². The van der Waals surface area contributed by atoms with E-state index in [4.69, 9.17) is 16.3 Å². The number of aromatic nitrogens is 1. The van der Waals surface area contributed by atoms with E-state index >= 15 is 0 Å². The van der Waals surface area contributed by atoms with Crippen LogP contribution in [0.3, 0.4) is 0 Å². The standard InChI is InChI=1S/C12H18ClN3O2S/c1-9-8-18-5-4-16(9)10-6-11(13)14-12(7-10)15-19(2,3)17/h6-7,9H,4-5,8H2,1-3H3/t9-/m1/s1. The minimum Gasteiger partial charge on any atom is -0.377 e. The van der Waals surface area contributed by atoms with Crippen LogP contribution in [0.2, 0.25) is 5.15 Å². The maximum atomic E-state index is 11.7. The molecule has 0 spiro atoms. The van der Waals surface area contributed by atoms with Crippen molar-refractivity contribution in [2.75, 3.05) is 37.2 Å². The maximum Gasteiger partial charge on any atom is 0.165 e. The van der Waals surface area contributed by atoms with Crippen molar-refractivity contribution in [3.05, 3.63) is 17.3 Å². The maximum absolute atomic E-state index is 11.7. The van der Waals surface area contributed by atoms with E-state index in [1.165, 1.54) is 0 Å². The molecule has 0 bridgehead atoms. The quantitative estimate of drug-likeness (QED) is 0.787. The number of ether oxygens (including phenoxy) is 1. The summed E-state index contributed by atoms with van der Waals surface area (Å²) in [7, 11) is -2.24. The van der Waals surface area contributed by atoms with Crippen LogP contribution in [0.5, 0.6) is 0 Å².